The Labute approximate surface area is 105 Å². The largest absolute Gasteiger partial charge is 0.389 e. The van der Waals surface area contributed by atoms with Crippen molar-refractivity contribution >= 4 is 5.91 Å². The maximum atomic E-state index is 11.9. The molecule has 0 spiro atoms. The molecule has 17 heavy (non-hydrogen) atoms. The fraction of sp³-hybridized carbons (Fsp3) is 0.923. The Bertz CT molecular complexity index is 239. The van der Waals surface area contributed by atoms with Crippen LogP contribution in [0.15, 0.2) is 0 Å². The van der Waals surface area contributed by atoms with Gasteiger partial charge in [0.1, 0.15) is 0 Å². The van der Waals surface area contributed by atoms with Crippen LogP contribution in [-0.4, -0.2) is 46.7 Å². The molecular weight excluding hydrogens is 216 g/mol. The van der Waals surface area contributed by atoms with E-state index in [1.54, 1.807) is 18.7 Å². The van der Waals surface area contributed by atoms with Crippen molar-refractivity contribution < 1.29 is 9.90 Å². The van der Waals surface area contributed by atoms with Crippen LogP contribution in [-0.2, 0) is 4.79 Å². The average molecular weight is 244 g/mol. The number of carbonyl (C=O) groups is 1. The highest BCUT2D eigenvalue weighted by molar-refractivity contribution is 5.76. The van der Waals surface area contributed by atoms with Crippen molar-refractivity contribution in [2.75, 3.05) is 19.6 Å². The van der Waals surface area contributed by atoms with Gasteiger partial charge in [0.25, 0.3) is 0 Å². The third-order valence-electron chi connectivity index (χ3n) is 2.31. The number of nitrogens with zero attached hydrogens (tertiary/aromatic N) is 1. The van der Waals surface area contributed by atoms with E-state index in [4.69, 9.17) is 0 Å². The molecular formula is C13H28N2O2. The van der Waals surface area contributed by atoms with E-state index in [0.717, 1.165) is 0 Å². The SMILES string of the molecule is CCN(CC(C)(C)O)C(=O)CCNC(C)(C)C. The first kappa shape index (κ1) is 16.4. The summed E-state index contributed by atoms with van der Waals surface area (Å²) in [6.45, 7) is 13.3. The zero-order valence-electron chi connectivity index (χ0n) is 12.1. The molecule has 0 aromatic carbocycles. The molecule has 0 saturated carbocycles. The summed E-state index contributed by atoms with van der Waals surface area (Å²) in [5.41, 5.74) is -0.795. The number of hydrogen-bond donors (Lipinski definition) is 2. The van der Waals surface area contributed by atoms with Gasteiger partial charge in [-0.15, -0.1) is 0 Å². The van der Waals surface area contributed by atoms with E-state index in [-0.39, 0.29) is 11.4 Å². The van der Waals surface area contributed by atoms with Crippen LogP contribution in [0.4, 0.5) is 0 Å². The molecule has 0 saturated heterocycles. The Kier molecular flexibility index (Phi) is 6.13. The van der Waals surface area contributed by atoms with Crippen molar-refractivity contribution in [2.45, 2.75) is 59.1 Å². The zero-order valence-corrected chi connectivity index (χ0v) is 12.1. The molecule has 0 unspecified atom stereocenters. The number of amides is 1. The molecule has 2 N–H and O–H groups in total. The number of aliphatic hydroxyl groups is 1. The second-order valence-electron chi connectivity index (χ2n) is 6.15. The van der Waals surface area contributed by atoms with Gasteiger partial charge in [-0.05, 0) is 41.5 Å². The molecule has 0 rings (SSSR count). The van der Waals surface area contributed by atoms with Crippen molar-refractivity contribution in [2.24, 2.45) is 0 Å². The van der Waals surface area contributed by atoms with Gasteiger partial charge in [-0.2, -0.15) is 0 Å². The summed E-state index contributed by atoms with van der Waals surface area (Å²) in [6.07, 6.45) is 0.473. The predicted molar refractivity (Wildman–Crippen MR) is 70.9 cm³/mol. The van der Waals surface area contributed by atoms with Crippen LogP contribution in [0.25, 0.3) is 0 Å². The molecule has 0 aliphatic rings. The Morgan fingerprint density at radius 1 is 1.24 bits per heavy atom. The van der Waals surface area contributed by atoms with E-state index in [1.807, 2.05) is 6.92 Å². The molecule has 0 fully saturated rings. The lowest BCUT2D eigenvalue weighted by Gasteiger charge is -2.29. The maximum absolute atomic E-state index is 11.9. The molecule has 4 nitrogen and oxygen atoms in total. The number of carbonyl (C=O) groups excluding carboxylic acids is 1. The van der Waals surface area contributed by atoms with E-state index in [2.05, 4.69) is 26.1 Å². The van der Waals surface area contributed by atoms with Crippen LogP contribution in [0.1, 0.15) is 48.0 Å². The molecule has 1 amide bonds. The molecule has 0 heterocycles. The standard InChI is InChI=1S/C13H28N2O2/c1-7-15(10-13(5,6)17)11(16)8-9-14-12(2,3)4/h14,17H,7-10H2,1-6H3. The van der Waals surface area contributed by atoms with Gasteiger partial charge in [-0.1, -0.05) is 0 Å². The van der Waals surface area contributed by atoms with E-state index < -0.39 is 5.60 Å². The molecule has 0 aliphatic heterocycles. The van der Waals surface area contributed by atoms with Gasteiger partial charge in [0.15, 0.2) is 0 Å². The molecule has 0 aromatic heterocycles. The average Bonchev–Trinajstić information content (AvgIpc) is 2.10. The summed E-state index contributed by atoms with van der Waals surface area (Å²) in [6, 6.07) is 0. The Hall–Kier alpha value is -0.610. The molecule has 4 heteroatoms. The second-order valence-corrected chi connectivity index (χ2v) is 6.15. The van der Waals surface area contributed by atoms with Crippen LogP contribution in [0, 0.1) is 0 Å². The lowest BCUT2D eigenvalue weighted by Crippen LogP contribution is -2.44. The van der Waals surface area contributed by atoms with E-state index >= 15 is 0 Å². The first-order valence-corrected chi connectivity index (χ1v) is 6.30. The molecule has 0 bridgehead atoms. The quantitative estimate of drug-likeness (QED) is 0.742. The van der Waals surface area contributed by atoms with E-state index in [0.29, 0.717) is 26.1 Å². The summed E-state index contributed by atoms with van der Waals surface area (Å²) in [5.74, 6) is 0.0892. The Morgan fingerprint density at radius 3 is 2.12 bits per heavy atom. The second kappa shape index (κ2) is 6.36. The summed E-state index contributed by atoms with van der Waals surface area (Å²) >= 11 is 0. The van der Waals surface area contributed by atoms with Crippen molar-refractivity contribution in [3.8, 4) is 0 Å². The Morgan fingerprint density at radius 2 is 1.76 bits per heavy atom. The summed E-state index contributed by atoms with van der Waals surface area (Å²) in [5, 5.41) is 13.0. The number of rotatable bonds is 6. The monoisotopic (exact) mass is 244 g/mol. The fourth-order valence-corrected chi connectivity index (χ4v) is 1.55. The van der Waals surface area contributed by atoms with Crippen LogP contribution < -0.4 is 5.32 Å². The highest BCUT2D eigenvalue weighted by Gasteiger charge is 2.21. The number of nitrogens with one attached hydrogen (secondary N) is 1. The molecule has 102 valence electrons. The van der Waals surface area contributed by atoms with Crippen molar-refractivity contribution in [3.63, 3.8) is 0 Å². The van der Waals surface area contributed by atoms with Crippen LogP contribution in [0.5, 0.6) is 0 Å². The van der Waals surface area contributed by atoms with Gasteiger partial charge >= 0.3 is 0 Å². The summed E-state index contributed by atoms with van der Waals surface area (Å²) in [7, 11) is 0. The fourth-order valence-electron chi connectivity index (χ4n) is 1.55. The third kappa shape index (κ3) is 9.12. The van der Waals surface area contributed by atoms with E-state index in [9.17, 15) is 9.90 Å². The zero-order chi connectivity index (χ0) is 13.7. The lowest BCUT2D eigenvalue weighted by molar-refractivity contribution is -0.133. The topological polar surface area (TPSA) is 52.6 Å². The van der Waals surface area contributed by atoms with Gasteiger partial charge < -0.3 is 15.3 Å². The highest BCUT2D eigenvalue weighted by atomic mass is 16.3. The Balaban J connectivity index is 4.10. The highest BCUT2D eigenvalue weighted by Crippen LogP contribution is 2.06. The first-order chi connectivity index (χ1) is 7.55. The minimum absolute atomic E-state index is 0.0353. The van der Waals surface area contributed by atoms with Crippen molar-refractivity contribution in [1.29, 1.82) is 0 Å². The third-order valence-corrected chi connectivity index (χ3v) is 2.31. The van der Waals surface area contributed by atoms with Crippen molar-refractivity contribution in [3.05, 3.63) is 0 Å². The molecule has 0 aliphatic carbocycles. The van der Waals surface area contributed by atoms with Gasteiger partial charge in [0, 0.05) is 31.6 Å². The smallest absolute Gasteiger partial charge is 0.223 e. The first-order valence-electron chi connectivity index (χ1n) is 6.30. The normalized spacial score (nSPS) is 12.6. The molecule has 0 radical (unpaired) electrons. The predicted octanol–water partition coefficient (Wildman–Crippen LogP) is 1.38. The van der Waals surface area contributed by atoms with Crippen molar-refractivity contribution in [1.82, 2.24) is 10.2 Å². The van der Waals surface area contributed by atoms with Crippen LogP contribution >= 0.6 is 0 Å². The van der Waals surface area contributed by atoms with Gasteiger partial charge in [-0.3, -0.25) is 4.79 Å². The van der Waals surface area contributed by atoms with Crippen LogP contribution in [0.3, 0.4) is 0 Å². The van der Waals surface area contributed by atoms with Gasteiger partial charge in [0.2, 0.25) is 5.91 Å². The minimum Gasteiger partial charge on any atom is -0.389 e. The van der Waals surface area contributed by atoms with Gasteiger partial charge in [0.05, 0.1) is 5.60 Å². The van der Waals surface area contributed by atoms with E-state index in [1.165, 1.54) is 0 Å². The summed E-state index contributed by atoms with van der Waals surface area (Å²) in [4.78, 5) is 13.6. The lowest BCUT2D eigenvalue weighted by atomic mass is 10.1. The maximum Gasteiger partial charge on any atom is 0.223 e. The van der Waals surface area contributed by atoms with Crippen LogP contribution in [0.2, 0.25) is 0 Å². The summed E-state index contributed by atoms with van der Waals surface area (Å²) < 4.78 is 0. The van der Waals surface area contributed by atoms with Gasteiger partial charge in [-0.25, -0.2) is 0 Å². The number of likely N-dealkylation sites (N-methyl/N-ethyl adjacent to an activating group) is 1. The minimum atomic E-state index is -0.830. The number of hydrogen-bond acceptors (Lipinski definition) is 3. The molecule has 0 atom stereocenters. The molecule has 0 aromatic rings.